The third-order valence-electron chi connectivity index (χ3n) is 4.09. The minimum atomic E-state index is -0.229. The predicted molar refractivity (Wildman–Crippen MR) is 74.3 cm³/mol. The molecule has 1 aliphatic carbocycles. The van der Waals surface area contributed by atoms with Crippen LogP contribution >= 0.6 is 0 Å². The average Bonchev–Trinajstić information content (AvgIpc) is 3.11. The molecule has 0 radical (unpaired) electrons. The monoisotopic (exact) mass is 257 g/mol. The lowest BCUT2D eigenvalue weighted by atomic mass is 10.00. The largest absolute Gasteiger partial charge is 0.323 e. The maximum atomic E-state index is 12.0. The van der Waals surface area contributed by atoms with E-state index < -0.39 is 0 Å². The first kappa shape index (κ1) is 12.2. The Morgan fingerprint density at radius 1 is 1.32 bits per heavy atom. The Hall–Kier alpha value is -1.84. The normalized spacial score (nSPS) is 22.8. The molecule has 2 aliphatic rings. The van der Waals surface area contributed by atoms with Crippen molar-refractivity contribution < 1.29 is 4.79 Å². The fraction of sp³-hybridized carbons (Fsp3) is 0.467. The number of amides is 2. The molecule has 1 saturated carbocycles. The zero-order valence-corrected chi connectivity index (χ0v) is 11.4. The van der Waals surface area contributed by atoms with Gasteiger partial charge in [0.05, 0.1) is 0 Å². The van der Waals surface area contributed by atoms with E-state index in [0.717, 1.165) is 12.1 Å². The van der Waals surface area contributed by atoms with Gasteiger partial charge < -0.3 is 4.90 Å². The lowest BCUT2D eigenvalue weighted by Gasteiger charge is -2.23. The summed E-state index contributed by atoms with van der Waals surface area (Å²) in [7, 11) is 0. The number of carbonyl (C=O) groups is 1. The molecule has 2 fully saturated rings. The second-order valence-corrected chi connectivity index (χ2v) is 5.69. The van der Waals surface area contributed by atoms with Crippen molar-refractivity contribution in [3.05, 3.63) is 34.9 Å². The zero-order valence-electron chi connectivity index (χ0n) is 11.4. The van der Waals surface area contributed by atoms with E-state index in [-0.39, 0.29) is 12.1 Å². The number of urea groups is 1. The maximum Gasteiger partial charge on any atom is 0.323 e. The van der Waals surface area contributed by atoms with E-state index in [1.807, 2.05) is 11.0 Å². The van der Waals surface area contributed by atoms with Gasteiger partial charge in [0, 0.05) is 6.54 Å². The second-order valence-electron chi connectivity index (χ2n) is 5.69. The molecule has 1 saturated heterocycles. The second kappa shape index (κ2) is 4.37. The highest BCUT2D eigenvalue weighted by Gasteiger charge is 2.39. The third-order valence-corrected chi connectivity index (χ3v) is 4.09. The van der Waals surface area contributed by atoms with Crippen molar-refractivity contribution in [2.75, 3.05) is 6.54 Å². The third kappa shape index (κ3) is 2.23. The molecule has 1 heterocycles. The molecular weight excluding hydrogens is 238 g/mol. The minimum absolute atomic E-state index is 0.125. The van der Waals surface area contributed by atoms with Gasteiger partial charge in [-0.1, -0.05) is 18.2 Å². The number of aryl methyl sites for hydroxylation is 2. The number of nitrogens with zero attached hydrogens (tertiary/aromatic N) is 1. The Kier molecular flexibility index (Phi) is 2.81. The molecule has 1 atom stereocenters. The highest BCUT2D eigenvalue weighted by Crippen LogP contribution is 2.35. The first-order chi connectivity index (χ1) is 9.06. The maximum absolute atomic E-state index is 12.0. The van der Waals surface area contributed by atoms with E-state index in [0.29, 0.717) is 11.8 Å². The molecule has 1 aromatic carbocycles. The van der Waals surface area contributed by atoms with Gasteiger partial charge >= 0.3 is 6.03 Å². The highest BCUT2D eigenvalue weighted by atomic mass is 16.2. The van der Waals surface area contributed by atoms with Crippen LogP contribution in [-0.2, 0) is 0 Å². The van der Waals surface area contributed by atoms with Gasteiger partial charge in [0.2, 0.25) is 0 Å². The molecule has 1 aliphatic heterocycles. The van der Waals surface area contributed by atoms with E-state index in [1.165, 1.54) is 24.0 Å². The molecule has 0 aromatic heterocycles. The average molecular weight is 257 g/mol. The molecule has 1 unspecified atom stereocenters. The molecule has 3 rings (SSSR count). The lowest BCUT2D eigenvalue weighted by Crippen LogP contribution is -2.31. The van der Waals surface area contributed by atoms with Gasteiger partial charge in [-0.3, -0.25) is 10.7 Å². The Morgan fingerprint density at radius 2 is 2.05 bits per heavy atom. The Labute approximate surface area is 113 Å². The van der Waals surface area contributed by atoms with Gasteiger partial charge in [0.25, 0.3) is 0 Å². The van der Waals surface area contributed by atoms with Gasteiger partial charge in [-0.05, 0) is 49.3 Å². The van der Waals surface area contributed by atoms with Gasteiger partial charge in [0.1, 0.15) is 11.9 Å². The Morgan fingerprint density at radius 3 is 2.68 bits per heavy atom. The summed E-state index contributed by atoms with van der Waals surface area (Å²) in [5.41, 5.74) is 3.48. The van der Waals surface area contributed by atoms with Crippen molar-refractivity contribution >= 4 is 11.9 Å². The molecule has 19 heavy (non-hydrogen) atoms. The molecule has 4 nitrogen and oxygen atoms in total. The van der Waals surface area contributed by atoms with Crippen LogP contribution in [0.2, 0.25) is 0 Å². The van der Waals surface area contributed by atoms with Crippen LogP contribution in [0.1, 0.15) is 35.6 Å². The molecule has 4 heteroatoms. The van der Waals surface area contributed by atoms with E-state index in [4.69, 9.17) is 5.41 Å². The zero-order chi connectivity index (χ0) is 13.6. The van der Waals surface area contributed by atoms with E-state index >= 15 is 0 Å². The summed E-state index contributed by atoms with van der Waals surface area (Å²) in [6.07, 6.45) is 2.41. The van der Waals surface area contributed by atoms with Crippen LogP contribution in [0.3, 0.4) is 0 Å². The van der Waals surface area contributed by atoms with Crippen LogP contribution in [0.4, 0.5) is 4.79 Å². The van der Waals surface area contributed by atoms with E-state index in [2.05, 4.69) is 31.3 Å². The molecular formula is C15H19N3O. The number of carbonyl (C=O) groups excluding carboxylic acids is 1. The number of rotatable bonds is 3. The van der Waals surface area contributed by atoms with Gasteiger partial charge in [0.15, 0.2) is 0 Å². The van der Waals surface area contributed by atoms with Crippen molar-refractivity contribution in [1.29, 1.82) is 5.41 Å². The Bertz CT molecular complexity index is 548. The number of benzene rings is 1. The number of nitrogens with one attached hydrogen (secondary N) is 2. The van der Waals surface area contributed by atoms with Crippen LogP contribution in [0.25, 0.3) is 0 Å². The molecule has 0 spiro atoms. The molecule has 0 bridgehead atoms. The molecule has 1 aromatic rings. The fourth-order valence-electron chi connectivity index (χ4n) is 2.58. The predicted octanol–water partition coefficient (Wildman–Crippen LogP) is 2.76. The number of amidine groups is 1. The van der Waals surface area contributed by atoms with E-state index in [1.54, 1.807) is 0 Å². The SMILES string of the molecule is Cc1ccc(C2C(=N)NC(=O)N2CC2CC2)cc1C. The summed E-state index contributed by atoms with van der Waals surface area (Å²) in [4.78, 5) is 13.8. The van der Waals surface area contributed by atoms with Gasteiger partial charge in [-0.15, -0.1) is 0 Å². The quantitative estimate of drug-likeness (QED) is 0.859. The van der Waals surface area contributed by atoms with E-state index in [9.17, 15) is 4.79 Å². The van der Waals surface area contributed by atoms with Crippen molar-refractivity contribution in [3.8, 4) is 0 Å². The van der Waals surface area contributed by atoms with Crippen LogP contribution in [0.5, 0.6) is 0 Å². The van der Waals surface area contributed by atoms with Crippen LogP contribution in [-0.4, -0.2) is 23.3 Å². The highest BCUT2D eigenvalue weighted by molar-refractivity contribution is 6.06. The van der Waals surface area contributed by atoms with Crippen molar-refractivity contribution in [2.45, 2.75) is 32.7 Å². The summed E-state index contributed by atoms with van der Waals surface area (Å²) in [6.45, 7) is 4.91. The summed E-state index contributed by atoms with van der Waals surface area (Å²) in [5.74, 6) is 0.930. The first-order valence-corrected chi connectivity index (χ1v) is 6.79. The van der Waals surface area contributed by atoms with Gasteiger partial charge in [-0.25, -0.2) is 4.79 Å². The molecule has 100 valence electrons. The van der Waals surface area contributed by atoms with Crippen molar-refractivity contribution in [3.63, 3.8) is 0 Å². The Balaban J connectivity index is 1.92. The number of hydrogen-bond donors (Lipinski definition) is 2. The smallest absolute Gasteiger partial charge is 0.310 e. The summed E-state index contributed by atoms with van der Waals surface area (Å²) in [6, 6.07) is 5.83. The fourth-order valence-corrected chi connectivity index (χ4v) is 2.58. The van der Waals surface area contributed by atoms with Gasteiger partial charge in [-0.2, -0.15) is 0 Å². The topological polar surface area (TPSA) is 56.2 Å². The van der Waals surface area contributed by atoms with Crippen LogP contribution < -0.4 is 5.32 Å². The van der Waals surface area contributed by atoms with Crippen LogP contribution in [0, 0.1) is 25.2 Å². The van der Waals surface area contributed by atoms with Crippen molar-refractivity contribution in [2.24, 2.45) is 5.92 Å². The lowest BCUT2D eigenvalue weighted by molar-refractivity contribution is 0.203. The van der Waals surface area contributed by atoms with Crippen LogP contribution in [0.15, 0.2) is 18.2 Å². The summed E-state index contributed by atoms with van der Waals surface area (Å²) >= 11 is 0. The minimum Gasteiger partial charge on any atom is -0.310 e. The molecule has 2 amide bonds. The summed E-state index contributed by atoms with van der Waals surface area (Å²) < 4.78 is 0. The first-order valence-electron chi connectivity index (χ1n) is 6.79. The van der Waals surface area contributed by atoms with Crippen molar-refractivity contribution in [1.82, 2.24) is 10.2 Å². The standard InChI is InChI=1S/C15H19N3O/c1-9-3-6-12(7-10(9)2)13-14(16)17-15(19)18(13)8-11-4-5-11/h3,6-7,11,13H,4-5,8H2,1-2H3,(H2,16,17,19). The molecule has 2 N–H and O–H groups in total. The summed E-state index contributed by atoms with van der Waals surface area (Å²) in [5, 5.41) is 10.7. The number of hydrogen-bond acceptors (Lipinski definition) is 2.